The summed E-state index contributed by atoms with van der Waals surface area (Å²) in [6.07, 6.45) is 3.50. The first kappa shape index (κ1) is 18.4. The third kappa shape index (κ3) is 5.92. The van der Waals surface area contributed by atoms with Gasteiger partial charge in [0.2, 0.25) is 5.91 Å². The van der Waals surface area contributed by atoms with Crippen molar-refractivity contribution in [3.05, 3.63) is 47.5 Å². The van der Waals surface area contributed by atoms with Gasteiger partial charge in [0.25, 0.3) is 0 Å². The minimum Gasteiger partial charge on any atom is -0.342 e. The maximum atomic E-state index is 12.5. The van der Waals surface area contributed by atoms with Crippen LogP contribution in [0.4, 0.5) is 0 Å². The molecule has 1 amide bonds. The van der Waals surface area contributed by atoms with Gasteiger partial charge in [-0.3, -0.25) is 9.78 Å². The summed E-state index contributed by atoms with van der Waals surface area (Å²) < 4.78 is 0. The number of aromatic nitrogens is 3. The molecule has 2 aromatic heterocycles. The van der Waals surface area contributed by atoms with E-state index in [1.165, 1.54) is 11.8 Å². The summed E-state index contributed by atoms with van der Waals surface area (Å²) in [5.41, 5.74) is 2.87. The van der Waals surface area contributed by atoms with Crippen molar-refractivity contribution in [2.24, 2.45) is 0 Å². The molecule has 0 aliphatic carbocycles. The maximum Gasteiger partial charge on any atom is 0.233 e. The molecule has 0 N–H and O–H groups in total. The zero-order valence-corrected chi connectivity index (χ0v) is 15.3. The molecule has 2 rings (SSSR count). The van der Waals surface area contributed by atoms with Gasteiger partial charge < -0.3 is 4.90 Å². The molecule has 0 aromatic carbocycles. The van der Waals surface area contributed by atoms with Crippen LogP contribution in [0, 0.1) is 13.8 Å². The van der Waals surface area contributed by atoms with Gasteiger partial charge in [0.05, 0.1) is 5.75 Å². The monoisotopic (exact) mass is 344 g/mol. The van der Waals surface area contributed by atoms with Crippen molar-refractivity contribution in [3.8, 4) is 0 Å². The van der Waals surface area contributed by atoms with E-state index in [2.05, 4.69) is 21.9 Å². The van der Waals surface area contributed by atoms with Gasteiger partial charge in [-0.15, -0.1) is 0 Å². The van der Waals surface area contributed by atoms with Gasteiger partial charge in [-0.25, -0.2) is 9.97 Å². The lowest BCUT2D eigenvalue weighted by molar-refractivity contribution is -0.128. The zero-order chi connectivity index (χ0) is 17.4. The van der Waals surface area contributed by atoms with E-state index < -0.39 is 0 Å². The highest BCUT2D eigenvalue weighted by molar-refractivity contribution is 7.99. The Kier molecular flexibility index (Phi) is 7.18. The van der Waals surface area contributed by atoms with E-state index in [0.29, 0.717) is 17.5 Å². The van der Waals surface area contributed by atoms with Crippen LogP contribution in [0.5, 0.6) is 0 Å². The van der Waals surface area contributed by atoms with Crippen LogP contribution in [0.25, 0.3) is 0 Å². The molecule has 5 nitrogen and oxygen atoms in total. The molecule has 0 saturated heterocycles. The van der Waals surface area contributed by atoms with Gasteiger partial charge in [-0.1, -0.05) is 24.8 Å². The Morgan fingerprint density at radius 2 is 1.92 bits per heavy atom. The van der Waals surface area contributed by atoms with Gasteiger partial charge >= 0.3 is 0 Å². The Morgan fingerprint density at radius 1 is 1.17 bits per heavy atom. The van der Waals surface area contributed by atoms with E-state index in [1.807, 2.05) is 43.0 Å². The fraction of sp³-hybridized carbons (Fsp3) is 0.444. The van der Waals surface area contributed by atoms with Crippen LogP contribution < -0.4 is 0 Å². The summed E-state index contributed by atoms with van der Waals surface area (Å²) in [7, 11) is 0. The van der Waals surface area contributed by atoms with E-state index in [1.54, 1.807) is 6.20 Å². The molecule has 0 spiro atoms. The number of aryl methyl sites for hydroxylation is 2. The van der Waals surface area contributed by atoms with Crippen molar-refractivity contribution < 1.29 is 4.79 Å². The summed E-state index contributed by atoms with van der Waals surface area (Å²) in [5, 5.41) is 0.669. The van der Waals surface area contributed by atoms with Crippen molar-refractivity contribution in [2.45, 2.75) is 38.8 Å². The topological polar surface area (TPSA) is 59.0 Å². The first-order valence-electron chi connectivity index (χ1n) is 8.21. The number of hydrogen-bond donors (Lipinski definition) is 0. The highest BCUT2D eigenvalue weighted by atomic mass is 32.2. The van der Waals surface area contributed by atoms with Crippen LogP contribution in [-0.2, 0) is 11.2 Å². The lowest BCUT2D eigenvalue weighted by Gasteiger charge is -2.21. The molecule has 0 saturated carbocycles. The molecule has 2 heterocycles. The Hall–Kier alpha value is -1.95. The largest absolute Gasteiger partial charge is 0.342 e. The fourth-order valence-corrected chi connectivity index (χ4v) is 3.25. The minimum absolute atomic E-state index is 0.126. The fourth-order valence-electron chi connectivity index (χ4n) is 2.40. The zero-order valence-electron chi connectivity index (χ0n) is 14.5. The van der Waals surface area contributed by atoms with Gasteiger partial charge in [-0.05, 0) is 38.5 Å². The maximum absolute atomic E-state index is 12.5. The minimum atomic E-state index is 0.126. The lowest BCUT2D eigenvalue weighted by Crippen LogP contribution is -2.35. The van der Waals surface area contributed by atoms with Crippen molar-refractivity contribution in [3.63, 3.8) is 0 Å². The quantitative estimate of drug-likeness (QED) is 0.544. The number of carbonyl (C=O) groups is 1. The summed E-state index contributed by atoms with van der Waals surface area (Å²) in [6.45, 7) is 7.42. The Labute approximate surface area is 147 Å². The van der Waals surface area contributed by atoms with Crippen molar-refractivity contribution in [1.29, 1.82) is 0 Å². The molecular weight excluding hydrogens is 320 g/mol. The predicted molar refractivity (Wildman–Crippen MR) is 97.0 cm³/mol. The van der Waals surface area contributed by atoms with Crippen LogP contribution in [0.2, 0.25) is 0 Å². The van der Waals surface area contributed by atoms with E-state index in [-0.39, 0.29) is 5.91 Å². The summed E-state index contributed by atoms with van der Waals surface area (Å²) in [6, 6.07) is 7.80. The second-order valence-corrected chi connectivity index (χ2v) is 6.62. The first-order valence-corrected chi connectivity index (χ1v) is 9.20. The predicted octanol–water partition coefficient (Wildman–Crippen LogP) is 3.06. The van der Waals surface area contributed by atoms with Crippen molar-refractivity contribution in [1.82, 2.24) is 19.9 Å². The van der Waals surface area contributed by atoms with E-state index in [0.717, 1.165) is 36.5 Å². The van der Waals surface area contributed by atoms with E-state index in [9.17, 15) is 4.79 Å². The molecule has 0 aliphatic rings. The number of thioether (sulfide) groups is 1. The molecular formula is C18H24N4OS. The van der Waals surface area contributed by atoms with Crippen molar-refractivity contribution in [2.75, 3.05) is 18.8 Å². The first-order chi connectivity index (χ1) is 11.6. The van der Waals surface area contributed by atoms with Crippen LogP contribution >= 0.6 is 11.8 Å². The average molecular weight is 344 g/mol. The van der Waals surface area contributed by atoms with Gasteiger partial charge in [0.15, 0.2) is 5.16 Å². The summed E-state index contributed by atoms with van der Waals surface area (Å²) in [4.78, 5) is 27.5. The van der Waals surface area contributed by atoms with E-state index >= 15 is 0 Å². The van der Waals surface area contributed by atoms with Gasteiger partial charge in [0, 0.05) is 42.8 Å². The lowest BCUT2D eigenvalue weighted by atomic mass is 10.2. The molecule has 0 fully saturated rings. The van der Waals surface area contributed by atoms with Crippen LogP contribution in [0.15, 0.2) is 35.6 Å². The number of rotatable bonds is 8. The molecule has 6 heteroatoms. The Morgan fingerprint density at radius 3 is 2.54 bits per heavy atom. The van der Waals surface area contributed by atoms with Crippen LogP contribution in [0.1, 0.15) is 30.4 Å². The molecule has 0 radical (unpaired) electrons. The second-order valence-electron chi connectivity index (χ2n) is 5.67. The number of nitrogens with zero attached hydrogens (tertiary/aromatic N) is 4. The summed E-state index contributed by atoms with van der Waals surface area (Å²) in [5.74, 6) is 0.492. The van der Waals surface area contributed by atoms with Gasteiger partial charge in [0.1, 0.15) is 0 Å². The highest BCUT2D eigenvalue weighted by Gasteiger charge is 2.14. The SMILES string of the molecule is CCCN(CCc1ccccn1)C(=O)CSc1nc(C)cc(C)n1. The second kappa shape index (κ2) is 9.37. The van der Waals surface area contributed by atoms with E-state index in [4.69, 9.17) is 0 Å². The Bertz CT molecular complexity index is 643. The molecule has 0 unspecified atom stereocenters. The number of pyridine rings is 1. The van der Waals surface area contributed by atoms with Gasteiger partial charge in [-0.2, -0.15) is 0 Å². The molecule has 0 bridgehead atoms. The normalized spacial score (nSPS) is 10.6. The highest BCUT2D eigenvalue weighted by Crippen LogP contribution is 2.15. The number of carbonyl (C=O) groups excluding carboxylic acids is 1. The van der Waals surface area contributed by atoms with Crippen molar-refractivity contribution >= 4 is 17.7 Å². The summed E-state index contributed by atoms with van der Waals surface area (Å²) >= 11 is 1.40. The standard InChI is InChI=1S/C18H24N4OS/c1-4-10-22(11-8-16-7-5-6-9-19-16)17(23)13-24-18-20-14(2)12-15(3)21-18/h5-7,9,12H,4,8,10-11,13H2,1-3H3. The smallest absolute Gasteiger partial charge is 0.233 e. The third-order valence-electron chi connectivity index (χ3n) is 3.50. The molecule has 24 heavy (non-hydrogen) atoms. The average Bonchev–Trinajstić information content (AvgIpc) is 2.56. The number of amides is 1. The third-order valence-corrected chi connectivity index (χ3v) is 4.33. The molecule has 0 atom stereocenters. The number of hydrogen-bond acceptors (Lipinski definition) is 5. The molecule has 128 valence electrons. The Balaban J connectivity index is 1.90. The molecule has 0 aliphatic heterocycles. The van der Waals surface area contributed by atoms with Crippen LogP contribution in [-0.4, -0.2) is 44.6 Å². The van der Waals surface area contributed by atoms with Crippen LogP contribution in [0.3, 0.4) is 0 Å². The molecule has 2 aromatic rings.